The second kappa shape index (κ2) is 7.28. The van der Waals surface area contributed by atoms with Gasteiger partial charge in [-0.3, -0.25) is 4.79 Å². The predicted octanol–water partition coefficient (Wildman–Crippen LogP) is 1.58. The molecule has 5 heteroatoms. The van der Waals surface area contributed by atoms with Crippen molar-refractivity contribution in [2.24, 2.45) is 11.8 Å². The van der Waals surface area contributed by atoms with E-state index >= 15 is 0 Å². The van der Waals surface area contributed by atoms with E-state index in [0.717, 1.165) is 45.6 Å². The lowest BCUT2D eigenvalue weighted by Gasteiger charge is -2.40. The van der Waals surface area contributed by atoms with Gasteiger partial charge in [-0.05, 0) is 37.5 Å². The van der Waals surface area contributed by atoms with Gasteiger partial charge in [-0.25, -0.2) is 0 Å². The third-order valence-electron chi connectivity index (χ3n) is 5.65. The van der Waals surface area contributed by atoms with Gasteiger partial charge in [0.05, 0.1) is 12.0 Å². The summed E-state index contributed by atoms with van der Waals surface area (Å²) in [6, 6.07) is 0. The molecule has 0 aromatic rings. The van der Waals surface area contributed by atoms with Crippen molar-refractivity contribution in [2.45, 2.75) is 50.5 Å². The summed E-state index contributed by atoms with van der Waals surface area (Å²) >= 11 is 0. The Morgan fingerprint density at radius 3 is 2.45 bits per heavy atom. The number of amides is 1. The summed E-state index contributed by atoms with van der Waals surface area (Å²) in [6.07, 6.45) is 6.01. The van der Waals surface area contributed by atoms with Crippen LogP contribution in [0.4, 0.5) is 0 Å². The molecule has 0 spiro atoms. The smallest absolute Gasteiger partial charge is 0.225 e. The largest absolute Gasteiger partial charge is 0.389 e. The molecule has 0 bridgehead atoms. The van der Waals surface area contributed by atoms with Crippen molar-refractivity contribution in [1.29, 1.82) is 0 Å². The number of likely N-dealkylation sites (tertiary alicyclic amines) is 1. The van der Waals surface area contributed by atoms with Crippen LogP contribution in [-0.2, 0) is 14.3 Å². The lowest BCUT2D eigenvalue weighted by Crippen LogP contribution is -2.47. The van der Waals surface area contributed by atoms with Crippen LogP contribution in [0.3, 0.4) is 0 Å². The molecule has 1 amide bonds. The minimum absolute atomic E-state index is 0.126. The van der Waals surface area contributed by atoms with Gasteiger partial charge >= 0.3 is 0 Å². The summed E-state index contributed by atoms with van der Waals surface area (Å²) in [5, 5.41) is 10.5. The molecule has 0 aromatic carbocycles. The Bertz CT molecular complexity index is 375. The maximum Gasteiger partial charge on any atom is 0.225 e. The van der Waals surface area contributed by atoms with Crippen molar-refractivity contribution in [3.05, 3.63) is 0 Å². The van der Waals surface area contributed by atoms with E-state index in [1.54, 1.807) is 0 Å². The van der Waals surface area contributed by atoms with Crippen LogP contribution in [0.25, 0.3) is 0 Å². The van der Waals surface area contributed by atoms with Crippen LogP contribution < -0.4 is 0 Å². The molecule has 22 heavy (non-hydrogen) atoms. The van der Waals surface area contributed by atoms with Crippen molar-refractivity contribution in [3.8, 4) is 0 Å². The average molecular weight is 311 g/mol. The minimum Gasteiger partial charge on any atom is -0.389 e. The molecule has 3 aliphatic rings. The molecule has 5 nitrogen and oxygen atoms in total. The Morgan fingerprint density at radius 2 is 1.73 bits per heavy atom. The number of rotatable bonds is 3. The lowest BCUT2D eigenvalue weighted by molar-refractivity contribution is -0.143. The summed E-state index contributed by atoms with van der Waals surface area (Å²) in [5.41, 5.74) is -0.846. The van der Waals surface area contributed by atoms with Crippen molar-refractivity contribution < 1.29 is 19.4 Å². The second-order valence-corrected chi connectivity index (χ2v) is 7.21. The summed E-state index contributed by atoms with van der Waals surface area (Å²) in [7, 11) is 0. The molecule has 0 radical (unpaired) electrons. The lowest BCUT2D eigenvalue weighted by atomic mass is 9.80. The molecular weight excluding hydrogens is 282 g/mol. The highest BCUT2D eigenvalue weighted by atomic mass is 16.5. The zero-order chi connectivity index (χ0) is 15.4. The van der Waals surface area contributed by atoms with Gasteiger partial charge in [-0.15, -0.1) is 0 Å². The van der Waals surface area contributed by atoms with E-state index < -0.39 is 5.60 Å². The number of carbonyl (C=O) groups is 1. The molecule has 3 aliphatic heterocycles. The molecule has 0 aliphatic carbocycles. The van der Waals surface area contributed by atoms with Crippen molar-refractivity contribution in [3.63, 3.8) is 0 Å². The molecule has 3 heterocycles. The van der Waals surface area contributed by atoms with Crippen LogP contribution in [0, 0.1) is 11.8 Å². The Labute approximate surface area is 133 Å². The van der Waals surface area contributed by atoms with E-state index in [0.29, 0.717) is 37.9 Å². The first kappa shape index (κ1) is 16.2. The number of hydrogen-bond acceptors (Lipinski definition) is 4. The molecule has 1 atom stereocenters. The van der Waals surface area contributed by atoms with Crippen LogP contribution in [0.5, 0.6) is 0 Å². The average Bonchev–Trinajstić information content (AvgIpc) is 2.56. The number of piperidine rings is 1. The minimum atomic E-state index is -0.846. The Kier molecular flexibility index (Phi) is 5.37. The highest BCUT2D eigenvalue weighted by Crippen LogP contribution is 2.32. The molecule has 0 aromatic heterocycles. The van der Waals surface area contributed by atoms with Crippen LogP contribution in [0.2, 0.25) is 0 Å². The molecule has 3 saturated heterocycles. The highest BCUT2D eigenvalue weighted by molar-refractivity contribution is 5.77. The molecular formula is C17H29NO4. The first-order valence-corrected chi connectivity index (χ1v) is 8.82. The topological polar surface area (TPSA) is 59.0 Å². The van der Waals surface area contributed by atoms with Crippen LogP contribution >= 0.6 is 0 Å². The fourth-order valence-corrected chi connectivity index (χ4v) is 4.13. The van der Waals surface area contributed by atoms with Gasteiger partial charge in [0.1, 0.15) is 0 Å². The van der Waals surface area contributed by atoms with Crippen molar-refractivity contribution in [2.75, 3.05) is 39.5 Å². The third kappa shape index (κ3) is 4.00. The maximum absolute atomic E-state index is 12.6. The van der Waals surface area contributed by atoms with Gasteiger partial charge in [0, 0.05) is 52.4 Å². The van der Waals surface area contributed by atoms with Crippen LogP contribution in [-0.4, -0.2) is 61.0 Å². The standard InChI is InChI=1S/C17H29NO4/c19-16(12-17(20)5-10-22-11-6-17)18-7-1-2-15(13-18)14-3-8-21-9-4-14/h14-15,20H,1-13H2/t15-/m0/s1. The fourth-order valence-electron chi connectivity index (χ4n) is 4.13. The molecule has 0 unspecified atom stereocenters. The van der Waals surface area contributed by atoms with E-state index in [1.165, 1.54) is 6.42 Å². The van der Waals surface area contributed by atoms with Crippen LogP contribution in [0.1, 0.15) is 44.9 Å². The predicted molar refractivity (Wildman–Crippen MR) is 82.5 cm³/mol. The van der Waals surface area contributed by atoms with Crippen molar-refractivity contribution >= 4 is 5.91 Å². The zero-order valence-corrected chi connectivity index (χ0v) is 13.5. The number of aliphatic hydroxyl groups is 1. The molecule has 1 N–H and O–H groups in total. The van der Waals surface area contributed by atoms with E-state index in [-0.39, 0.29) is 12.3 Å². The molecule has 126 valence electrons. The van der Waals surface area contributed by atoms with Crippen LogP contribution in [0.15, 0.2) is 0 Å². The first-order valence-electron chi connectivity index (χ1n) is 8.82. The van der Waals surface area contributed by atoms with Gasteiger partial charge in [0.2, 0.25) is 5.91 Å². The summed E-state index contributed by atoms with van der Waals surface area (Å²) in [5.74, 6) is 1.45. The second-order valence-electron chi connectivity index (χ2n) is 7.21. The van der Waals surface area contributed by atoms with Gasteiger partial charge < -0.3 is 19.5 Å². The summed E-state index contributed by atoms with van der Waals surface area (Å²) in [4.78, 5) is 14.6. The molecule has 3 fully saturated rings. The zero-order valence-electron chi connectivity index (χ0n) is 13.5. The van der Waals surface area contributed by atoms with Gasteiger partial charge in [-0.2, -0.15) is 0 Å². The Balaban J connectivity index is 1.53. The quantitative estimate of drug-likeness (QED) is 0.860. The van der Waals surface area contributed by atoms with E-state index in [2.05, 4.69) is 0 Å². The van der Waals surface area contributed by atoms with Gasteiger partial charge in [0.25, 0.3) is 0 Å². The normalized spacial score (nSPS) is 30.2. The summed E-state index contributed by atoms with van der Waals surface area (Å²) in [6.45, 7) is 4.59. The summed E-state index contributed by atoms with van der Waals surface area (Å²) < 4.78 is 10.7. The SMILES string of the molecule is O=C(CC1(O)CCOCC1)N1CCC[C@H](C2CCOCC2)C1. The molecule has 3 rings (SSSR count). The van der Waals surface area contributed by atoms with Gasteiger partial charge in [0.15, 0.2) is 0 Å². The van der Waals surface area contributed by atoms with Gasteiger partial charge in [-0.1, -0.05) is 0 Å². The fraction of sp³-hybridized carbons (Fsp3) is 0.941. The number of carbonyl (C=O) groups excluding carboxylic acids is 1. The van der Waals surface area contributed by atoms with E-state index in [1.807, 2.05) is 4.90 Å². The number of nitrogens with zero attached hydrogens (tertiary/aromatic N) is 1. The Hall–Kier alpha value is -0.650. The Morgan fingerprint density at radius 1 is 1.05 bits per heavy atom. The molecule has 0 saturated carbocycles. The van der Waals surface area contributed by atoms with E-state index in [9.17, 15) is 9.90 Å². The number of ether oxygens (including phenoxy) is 2. The third-order valence-corrected chi connectivity index (χ3v) is 5.65. The maximum atomic E-state index is 12.6. The van der Waals surface area contributed by atoms with E-state index in [4.69, 9.17) is 9.47 Å². The first-order chi connectivity index (χ1) is 10.7. The van der Waals surface area contributed by atoms with Crippen molar-refractivity contribution in [1.82, 2.24) is 4.90 Å². The number of hydrogen-bond donors (Lipinski definition) is 1. The monoisotopic (exact) mass is 311 g/mol. The highest BCUT2D eigenvalue weighted by Gasteiger charge is 2.36.